The number of thiol groups is 2. The Kier molecular flexibility index (Phi) is 9.39. The first-order valence-electron chi connectivity index (χ1n) is 8.96. The molecular formula is C19H30N2OS2. The summed E-state index contributed by atoms with van der Waals surface area (Å²) in [5.74, 6) is 3.95. The minimum absolute atomic E-state index is 0.792. The van der Waals surface area contributed by atoms with Gasteiger partial charge in [0.1, 0.15) is 4.38 Å². The first-order chi connectivity index (χ1) is 11.8. The lowest BCUT2D eigenvalue weighted by Crippen LogP contribution is -1.98. The Labute approximate surface area is 153 Å². The first-order valence-corrected chi connectivity index (χ1v) is 10.9. The molecule has 134 valence electrons. The highest BCUT2D eigenvalue weighted by Crippen LogP contribution is 2.17. The summed E-state index contributed by atoms with van der Waals surface area (Å²) in [6.07, 6.45) is 10.5. The lowest BCUT2D eigenvalue weighted by Gasteiger charge is -2.04. The third-order valence-electron chi connectivity index (χ3n) is 3.94. The number of imidazole rings is 1. The van der Waals surface area contributed by atoms with Gasteiger partial charge in [-0.2, -0.15) is 0 Å². The largest absolute Gasteiger partial charge is 0.335 e. The number of nitrogens with one attached hydrogen (secondary N) is 1. The van der Waals surface area contributed by atoms with Gasteiger partial charge >= 0.3 is 0 Å². The summed E-state index contributed by atoms with van der Waals surface area (Å²) in [6, 6.07) is 8.09. The summed E-state index contributed by atoms with van der Waals surface area (Å²) in [7, 11) is 0. The van der Waals surface area contributed by atoms with Crippen LogP contribution in [0.2, 0.25) is 0 Å². The Morgan fingerprint density at radius 1 is 1.08 bits per heavy atom. The van der Waals surface area contributed by atoms with E-state index in [9.17, 15) is 0 Å². The number of H-pyrrole nitrogens is 1. The van der Waals surface area contributed by atoms with Crippen LogP contribution >= 0.6 is 22.7 Å². The van der Waals surface area contributed by atoms with Crippen molar-refractivity contribution in [2.45, 2.75) is 63.4 Å². The van der Waals surface area contributed by atoms with Crippen LogP contribution in [0.5, 0.6) is 0 Å². The van der Waals surface area contributed by atoms with E-state index in [-0.39, 0.29) is 0 Å². The molecular weight excluding hydrogens is 336 g/mol. The van der Waals surface area contributed by atoms with Crippen molar-refractivity contribution in [1.82, 2.24) is 9.97 Å². The predicted octanol–water partition coefficient (Wildman–Crippen LogP) is 5.53. The molecule has 2 aromatic rings. The zero-order valence-electron chi connectivity index (χ0n) is 14.6. The van der Waals surface area contributed by atoms with Gasteiger partial charge in [-0.15, -0.1) is 11.4 Å². The Morgan fingerprint density at radius 3 is 2.50 bits per heavy atom. The second-order valence-electron chi connectivity index (χ2n) is 5.95. The van der Waals surface area contributed by atoms with Crippen LogP contribution in [-0.4, -0.2) is 26.8 Å². The number of para-hydroxylation sites is 2. The molecule has 0 unspecified atom stereocenters. The number of nitrogens with zero attached hydrogens (tertiary/aromatic N) is 1. The lowest BCUT2D eigenvalue weighted by molar-refractivity contribution is 0.308. The number of hydrogen-bond acceptors (Lipinski definition) is 2. The Morgan fingerprint density at radius 2 is 1.79 bits per heavy atom. The van der Waals surface area contributed by atoms with Gasteiger partial charge in [-0.3, -0.25) is 0 Å². The fourth-order valence-corrected chi connectivity index (χ4v) is 4.02. The summed E-state index contributed by atoms with van der Waals surface area (Å²) < 4.78 is 6.88. The highest BCUT2D eigenvalue weighted by molar-refractivity contribution is 8.24. The van der Waals surface area contributed by atoms with Gasteiger partial charge in [-0.1, -0.05) is 81.2 Å². The van der Waals surface area contributed by atoms with E-state index in [2.05, 4.69) is 22.8 Å². The molecule has 1 aromatic heterocycles. The van der Waals surface area contributed by atoms with Crippen LogP contribution in [0.15, 0.2) is 29.4 Å². The van der Waals surface area contributed by atoms with E-state index in [4.69, 9.17) is 4.74 Å². The Balaban J connectivity index is 1.69. The van der Waals surface area contributed by atoms with Crippen LogP contribution < -0.4 is 0 Å². The molecule has 0 radical (unpaired) electrons. The van der Waals surface area contributed by atoms with Crippen LogP contribution in [0.3, 0.4) is 0 Å². The van der Waals surface area contributed by atoms with Crippen molar-refractivity contribution in [3.63, 3.8) is 0 Å². The average molecular weight is 367 g/mol. The SMILES string of the molecule is C=[SH]C(OCCCCCCCCCC)=[SH]c1nc2ccccc2[nH]1. The molecule has 1 N–H and O–H groups in total. The standard InChI is InChI=1S/C19H30N2OS2/c1-3-4-5-6-7-8-9-12-15-22-19(23-2)24-18-20-16-13-10-11-14-17(16)21-18/h10-11,13-14,23-24H,2-9,12,15H2,1H3,(H,20,21). The molecule has 24 heavy (non-hydrogen) atoms. The van der Waals surface area contributed by atoms with Crippen LogP contribution in [0.1, 0.15) is 58.3 Å². The maximum absolute atomic E-state index is 5.91. The van der Waals surface area contributed by atoms with Crippen molar-refractivity contribution < 1.29 is 4.74 Å². The number of fused-ring (bicyclic) bond motifs is 1. The number of aromatic amines is 1. The molecule has 0 bridgehead atoms. The third kappa shape index (κ3) is 6.91. The van der Waals surface area contributed by atoms with E-state index in [0.29, 0.717) is 0 Å². The van der Waals surface area contributed by atoms with E-state index in [1.807, 2.05) is 24.3 Å². The zero-order chi connectivity index (χ0) is 17.0. The third-order valence-corrected chi connectivity index (χ3v) is 5.81. The van der Waals surface area contributed by atoms with Gasteiger partial charge in [0.2, 0.25) is 0 Å². The molecule has 5 heteroatoms. The van der Waals surface area contributed by atoms with Crippen molar-refractivity contribution in [3.8, 4) is 0 Å². The molecule has 1 aromatic carbocycles. The number of rotatable bonds is 10. The molecule has 0 aliphatic rings. The highest BCUT2D eigenvalue weighted by Gasteiger charge is 2.01. The molecule has 1 heterocycles. The van der Waals surface area contributed by atoms with Crippen molar-refractivity contribution in [2.75, 3.05) is 6.61 Å². The number of ether oxygens (including phenoxy) is 1. The number of aromatic nitrogens is 2. The minimum atomic E-state index is 0.792. The minimum Gasteiger partial charge on any atom is -0.335 e. The highest BCUT2D eigenvalue weighted by atomic mass is 32.2. The second-order valence-corrected chi connectivity index (χ2v) is 8.08. The summed E-state index contributed by atoms with van der Waals surface area (Å²) in [5.41, 5.74) is 2.08. The van der Waals surface area contributed by atoms with Crippen LogP contribution in [-0.2, 0) is 4.74 Å². The molecule has 0 aliphatic heterocycles. The monoisotopic (exact) mass is 366 g/mol. The summed E-state index contributed by atoms with van der Waals surface area (Å²) >= 11 is 1.93. The second kappa shape index (κ2) is 11.6. The molecule has 0 fully saturated rings. The molecule has 0 spiro atoms. The predicted molar refractivity (Wildman–Crippen MR) is 113 cm³/mol. The van der Waals surface area contributed by atoms with E-state index < -0.39 is 0 Å². The summed E-state index contributed by atoms with van der Waals surface area (Å²) in [5, 5.41) is 0.929. The molecule has 2 rings (SSSR count). The lowest BCUT2D eigenvalue weighted by atomic mass is 10.1. The maximum atomic E-state index is 5.91. The zero-order valence-corrected chi connectivity index (χ0v) is 16.4. The molecule has 0 aliphatic carbocycles. The molecule has 3 nitrogen and oxygen atoms in total. The topological polar surface area (TPSA) is 37.9 Å². The van der Waals surface area contributed by atoms with Crippen molar-refractivity contribution in [3.05, 3.63) is 24.3 Å². The molecule has 0 saturated carbocycles. The van der Waals surface area contributed by atoms with Gasteiger partial charge in [-0.05, 0) is 18.6 Å². The number of benzene rings is 1. The number of hydrogen-bond donors (Lipinski definition) is 3. The van der Waals surface area contributed by atoms with Gasteiger partial charge in [0, 0.05) is 0 Å². The molecule has 0 amide bonds. The molecule has 0 atom stereocenters. The van der Waals surface area contributed by atoms with Gasteiger partial charge in [-0.25, -0.2) is 4.98 Å². The van der Waals surface area contributed by atoms with Crippen LogP contribution in [0.25, 0.3) is 11.0 Å². The van der Waals surface area contributed by atoms with Gasteiger partial charge < -0.3 is 9.72 Å². The average Bonchev–Trinajstić information content (AvgIpc) is 3.01. The Hall–Kier alpha value is -0.910. The van der Waals surface area contributed by atoms with Crippen molar-refractivity contribution in [2.24, 2.45) is 0 Å². The summed E-state index contributed by atoms with van der Waals surface area (Å²) in [4.78, 5) is 7.93. The smallest absolute Gasteiger partial charge is 0.160 e. The van der Waals surface area contributed by atoms with Gasteiger partial charge in [0.15, 0.2) is 5.16 Å². The first kappa shape index (κ1) is 19.4. The fraction of sp³-hybridized carbons (Fsp3) is 0.526. The maximum Gasteiger partial charge on any atom is 0.160 e. The van der Waals surface area contributed by atoms with Crippen molar-refractivity contribution in [1.29, 1.82) is 0 Å². The van der Waals surface area contributed by atoms with E-state index in [1.54, 1.807) is 0 Å². The fourth-order valence-electron chi connectivity index (χ4n) is 2.60. The van der Waals surface area contributed by atoms with Crippen LogP contribution in [0, 0.1) is 0 Å². The van der Waals surface area contributed by atoms with Crippen LogP contribution in [0.4, 0.5) is 0 Å². The Bertz CT molecular complexity index is 619. The summed E-state index contributed by atoms with van der Waals surface area (Å²) in [6.45, 7) is 3.05. The normalized spacial score (nSPS) is 12.5. The number of unbranched alkanes of at least 4 members (excludes halogenated alkanes) is 7. The van der Waals surface area contributed by atoms with Gasteiger partial charge in [0.05, 0.1) is 17.6 Å². The quantitative estimate of drug-likeness (QED) is 0.294. The van der Waals surface area contributed by atoms with Crippen molar-refractivity contribution >= 4 is 44.0 Å². The van der Waals surface area contributed by atoms with E-state index in [1.165, 1.54) is 44.9 Å². The van der Waals surface area contributed by atoms with Gasteiger partial charge in [0.25, 0.3) is 0 Å². The van der Waals surface area contributed by atoms with E-state index >= 15 is 0 Å². The van der Waals surface area contributed by atoms with E-state index in [0.717, 1.165) is 56.3 Å². The molecule has 0 saturated heterocycles.